The van der Waals surface area contributed by atoms with Gasteiger partial charge in [-0.1, -0.05) is 49.7 Å². The molecule has 0 saturated carbocycles. The first-order chi connectivity index (χ1) is 13.9. The summed E-state index contributed by atoms with van der Waals surface area (Å²) in [6.45, 7) is 4.06. The van der Waals surface area contributed by atoms with E-state index in [1.54, 1.807) is 24.4 Å². The molecule has 4 rings (SSSR count). The van der Waals surface area contributed by atoms with Gasteiger partial charge >= 0.3 is 0 Å². The van der Waals surface area contributed by atoms with Gasteiger partial charge < -0.3 is 10.0 Å². The van der Waals surface area contributed by atoms with Crippen LogP contribution in [0.4, 0.5) is 0 Å². The van der Waals surface area contributed by atoms with Gasteiger partial charge in [-0.25, -0.2) is 0 Å². The fourth-order valence-corrected chi connectivity index (χ4v) is 5.41. The van der Waals surface area contributed by atoms with Gasteiger partial charge in [0, 0.05) is 18.0 Å². The summed E-state index contributed by atoms with van der Waals surface area (Å²) in [4.78, 5) is 43.3. The maximum absolute atomic E-state index is 13.5. The van der Waals surface area contributed by atoms with Crippen molar-refractivity contribution in [3.63, 3.8) is 0 Å². The van der Waals surface area contributed by atoms with Gasteiger partial charge in [-0.15, -0.1) is 11.3 Å². The smallest absolute Gasteiger partial charge is 0.262 e. The molecule has 0 spiro atoms. The normalized spacial score (nSPS) is 29.1. The van der Waals surface area contributed by atoms with Crippen LogP contribution >= 0.6 is 11.3 Å². The molecular formula is C22H24N2O4S. The molecule has 0 unspecified atom stereocenters. The second kappa shape index (κ2) is 7.07. The number of nitrogens with zero attached hydrogens (tertiary/aromatic N) is 2. The van der Waals surface area contributed by atoms with Crippen LogP contribution < -0.4 is 0 Å². The molecule has 0 aliphatic carbocycles. The van der Waals surface area contributed by atoms with E-state index < -0.39 is 34.8 Å². The first-order valence-corrected chi connectivity index (χ1v) is 10.7. The molecule has 2 aromatic rings. The SMILES string of the molecule is CCCCN1C(=O)[C@@H]2[C@](O)(c3cccs3)C(=O)N(Cc3ccccc3)[C@]2(C)C1=O. The maximum atomic E-state index is 13.5. The van der Waals surface area contributed by atoms with Crippen LogP contribution in [0.2, 0.25) is 0 Å². The van der Waals surface area contributed by atoms with Crippen molar-refractivity contribution in [1.82, 2.24) is 9.80 Å². The number of hydrogen-bond acceptors (Lipinski definition) is 5. The van der Waals surface area contributed by atoms with Crippen molar-refractivity contribution in [3.8, 4) is 0 Å². The van der Waals surface area contributed by atoms with Crippen LogP contribution in [0.3, 0.4) is 0 Å². The summed E-state index contributed by atoms with van der Waals surface area (Å²) in [5.74, 6) is -2.62. The number of carbonyl (C=O) groups excluding carboxylic acids is 3. The zero-order chi connectivity index (χ0) is 20.8. The van der Waals surface area contributed by atoms with Crippen LogP contribution in [-0.4, -0.2) is 44.7 Å². The van der Waals surface area contributed by atoms with E-state index in [2.05, 4.69) is 0 Å². The molecule has 2 aliphatic rings. The number of likely N-dealkylation sites (tertiary alicyclic amines) is 2. The number of benzene rings is 1. The lowest BCUT2D eigenvalue weighted by molar-refractivity contribution is -0.157. The molecule has 7 heteroatoms. The maximum Gasteiger partial charge on any atom is 0.262 e. The third kappa shape index (κ3) is 2.68. The number of thiophene rings is 1. The van der Waals surface area contributed by atoms with E-state index >= 15 is 0 Å². The summed E-state index contributed by atoms with van der Waals surface area (Å²) >= 11 is 1.22. The van der Waals surface area contributed by atoms with Crippen molar-refractivity contribution >= 4 is 29.1 Å². The largest absolute Gasteiger partial charge is 0.374 e. The van der Waals surface area contributed by atoms with E-state index in [0.717, 1.165) is 12.0 Å². The molecule has 1 N–H and O–H groups in total. The van der Waals surface area contributed by atoms with Crippen molar-refractivity contribution in [1.29, 1.82) is 0 Å². The number of imide groups is 1. The molecule has 0 bridgehead atoms. The van der Waals surface area contributed by atoms with Crippen LogP contribution in [-0.2, 0) is 26.5 Å². The topological polar surface area (TPSA) is 77.9 Å². The Kier molecular flexibility index (Phi) is 4.83. The third-order valence-electron chi connectivity index (χ3n) is 6.12. The Morgan fingerprint density at radius 2 is 1.79 bits per heavy atom. The molecule has 3 heterocycles. The molecule has 6 nitrogen and oxygen atoms in total. The molecule has 3 atom stereocenters. The van der Waals surface area contributed by atoms with Gasteiger partial charge in [-0.2, -0.15) is 0 Å². The van der Waals surface area contributed by atoms with Crippen molar-refractivity contribution in [2.75, 3.05) is 6.54 Å². The van der Waals surface area contributed by atoms with Gasteiger partial charge in [0.15, 0.2) is 5.60 Å². The Labute approximate surface area is 173 Å². The van der Waals surface area contributed by atoms with Crippen LogP contribution in [0, 0.1) is 5.92 Å². The lowest BCUT2D eigenvalue weighted by Gasteiger charge is -2.32. The summed E-state index contributed by atoms with van der Waals surface area (Å²) in [6, 6.07) is 12.7. The highest BCUT2D eigenvalue weighted by molar-refractivity contribution is 7.10. The number of fused-ring (bicyclic) bond motifs is 1. The first kappa shape index (κ1) is 19.8. The van der Waals surface area contributed by atoms with Gasteiger partial charge in [-0.05, 0) is 30.4 Å². The number of carbonyl (C=O) groups is 3. The minimum absolute atomic E-state index is 0.154. The molecule has 0 radical (unpaired) electrons. The second-order valence-corrected chi connectivity index (χ2v) is 8.80. The zero-order valence-electron chi connectivity index (χ0n) is 16.5. The highest BCUT2D eigenvalue weighted by Crippen LogP contribution is 2.54. The summed E-state index contributed by atoms with van der Waals surface area (Å²) in [7, 11) is 0. The number of aliphatic hydroxyl groups is 1. The van der Waals surface area contributed by atoms with Gasteiger partial charge in [0.05, 0.1) is 0 Å². The minimum atomic E-state index is -2.04. The second-order valence-electron chi connectivity index (χ2n) is 7.85. The number of rotatable bonds is 6. The van der Waals surface area contributed by atoms with E-state index in [9.17, 15) is 19.5 Å². The van der Waals surface area contributed by atoms with Crippen LogP contribution in [0.5, 0.6) is 0 Å². The van der Waals surface area contributed by atoms with Gasteiger partial charge in [-0.3, -0.25) is 19.3 Å². The van der Waals surface area contributed by atoms with E-state index in [1.165, 1.54) is 21.1 Å². The fraction of sp³-hybridized carbons (Fsp3) is 0.409. The van der Waals surface area contributed by atoms with E-state index in [4.69, 9.17) is 0 Å². The monoisotopic (exact) mass is 412 g/mol. The van der Waals surface area contributed by atoms with Crippen LogP contribution in [0.25, 0.3) is 0 Å². The third-order valence-corrected chi connectivity index (χ3v) is 7.11. The van der Waals surface area contributed by atoms with E-state index in [-0.39, 0.29) is 6.54 Å². The van der Waals surface area contributed by atoms with Gasteiger partial charge in [0.1, 0.15) is 11.5 Å². The molecule has 3 amide bonds. The van der Waals surface area contributed by atoms with Crippen molar-refractivity contribution in [2.45, 2.75) is 44.4 Å². The minimum Gasteiger partial charge on any atom is -0.374 e. The molecule has 2 fully saturated rings. The number of hydrogen-bond donors (Lipinski definition) is 1. The van der Waals surface area contributed by atoms with Crippen molar-refractivity contribution < 1.29 is 19.5 Å². The highest BCUT2D eigenvalue weighted by Gasteiger charge is 2.76. The summed E-state index contributed by atoms with van der Waals surface area (Å²) in [5.41, 5.74) is -2.62. The summed E-state index contributed by atoms with van der Waals surface area (Å²) < 4.78 is 0. The lowest BCUT2D eigenvalue weighted by atomic mass is 9.79. The highest BCUT2D eigenvalue weighted by atomic mass is 32.1. The molecular weight excluding hydrogens is 388 g/mol. The van der Waals surface area contributed by atoms with Gasteiger partial charge in [0.2, 0.25) is 5.91 Å². The standard InChI is InChI=1S/C22H24N2O4S/c1-3-4-12-23-18(25)17-21(2,19(23)26)24(14-15-9-6-5-7-10-15)20(27)22(17,28)16-11-8-13-29-16/h5-11,13,17,28H,3-4,12,14H2,1-2H3/t17-,21-,22+/m0/s1. The molecule has 2 aliphatic heterocycles. The predicted octanol–water partition coefficient (Wildman–Crippen LogP) is 2.52. The Bertz CT molecular complexity index is 945. The summed E-state index contributed by atoms with van der Waals surface area (Å²) in [5, 5.41) is 13.4. The van der Waals surface area contributed by atoms with Crippen molar-refractivity contribution in [2.24, 2.45) is 5.92 Å². The molecule has 1 aromatic heterocycles. The van der Waals surface area contributed by atoms with Gasteiger partial charge in [0.25, 0.3) is 11.8 Å². The quantitative estimate of drug-likeness (QED) is 0.740. The number of amides is 3. The molecule has 2 saturated heterocycles. The van der Waals surface area contributed by atoms with E-state index in [0.29, 0.717) is 17.8 Å². The number of unbranched alkanes of at least 4 members (excludes halogenated alkanes) is 1. The van der Waals surface area contributed by atoms with Crippen molar-refractivity contribution in [3.05, 3.63) is 58.3 Å². The Hall–Kier alpha value is -2.51. The average molecular weight is 413 g/mol. The zero-order valence-corrected chi connectivity index (χ0v) is 17.3. The van der Waals surface area contributed by atoms with E-state index in [1.807, 2.05) is 37.3 Å². The Morgan fingerprint density at radius 1 is 1.07 bits per heavy atom. The Balaban J connectivity index is 1.84. The predicted molar refractivity (Wildman–Crippen MR) is 109 cm³/mol. The van der Waals surface area contributed by atoms with Crippen LogP contribution in [0.15, 0.2) is 47.8 Å². The fourth-order valence-electron chi connectivity index (χ4n) is 4.56. The van der Waals surface area contributed by atoms with Crippen LogP contribution in [0.1, 0.15) is 37.1 Å². The molecule has 29 heavy (non-hydrogen) atoms. The molecule has 152 valence electrons. The first-order valence-electron chi connectivity index (χ1n) is 9.85. The molecule has 1 aromatic carbocycles. The lowest BCUT2D eigenvalue weighted by Crippen LogP contribution is -2.52. The average Bonchev–Trinajstić information content (AvgIpc) is 3.36. The summed E-state index contributed by atoms with van der Waals surface area (Å²) in [6.07, 6.45) is 1.52. The Morgan fingerprint density at radius 3 is 2.41 bits per heavy atom.